The molecule has 0 amide bonds. The first-order chi connectivity index (χ1) is 11.3. The summed E-state index contributed by atoms with van der Waals surface area (Å²) in [5.74, 6) is -2.58. The molecule has 0 unspecified atom stereocenters. The van der Waals surface area contributed by atoms with Crippen LogP contribution < -0.4 is 4.90 Å². The molecular weight excluding hydrogens is 306 g/mol. The Morgan fingerprint density at radius 1 is 0.958 bits per heavy atom. The van der Waals surface area contributed by atoms with E-state index >= 15 is 0 Å². The van der Waals surface area contributed by atoms with Crippen molar-refractivity contribution < 1.29 is 19.1 Å². The molecule has 0 spiro atoms. The molecular formula is C19H19NO4. The van der Waals surface area contributed by atoms with Crippen LogP contribution in [-0.4, -0.2) is 31.8 Å². The zero-order valence-corrected chi connectivity index (χ0v) is 14.1. The van der Waals surface area contributed by atoms with E-state index in [4.69, 9.17) is 9.47 Å². The third-order valence-corrected chi connectivity index (χ3v) is 3.81. The van der Waals surface area contributed by atoms with E-state index in [0.29, 0.717) is 0 Å². The average molecular weight is 325 g/mol. The highest BCUT2D eigenvalue weighted by Crippen LogP contribution is 2.31. The SMILES string of the molecule is CN(C)c1cccc2cccc(C=C3C(=O)OC(C)(C)OC3=O)c12. The maximum atomic E-state index is 12.2. The molecule has 0 radical (unpaired) electrons. The Balaban J connectivity index is 2.17. The third-order valence-electron chi connectivity index (χ3n) is 3.81. The molecule has 0 bridgehead atoms. The van der Waals surface area contributed by atoms with Gasteiger partial charge in [-0.3, -0.25) is 0 Å². The highest BCUT2D eigenvalue weighted by molar-refractivity contribution is 6.20. The number of anilines is 1. The lowest BCUT2D eigenvalue weighted by Crippen LogP contribution is -2.41. The van der Waals surface area contributed by atoms with Gasteiger partial charge in [0.25, 0.3) is 5.79 Å². The lowest BCUT2D eigenvalue weighted by Gasteiger charge is -2.29. The maximum absolute atomic E-state index is 12.2. The highest BCUT2D eigenvalue weighted by atomic mass is 16.7. The van der Waals surface area contributed by atoms with E-state index in [1.807, 2.05) is 55.4 Å². The van der Waals surface area contributed by atoms with Gasteiger partial charge < -0.3 is 14.4 Å². The van der Waals surface area contributed by atoms with Crippen LogP contribution in [0.15, 0.2) is 42.0 Å². The van der Waals surface area contributed by atoms with Gasteiger partial charge in [0.15, 0.2) is 0 Å². The predicted molar refractivity (Wildman–Crippen MR) is 92.5 cm³/mol. The summed E-state index contributed by atoms with van der Waals surface area (Å²) in [7, 11) is 3.90. The van der Waals surface area contributed by atoms with Crippen molar-refractivity contribution in [2.75, 3.05) is 19.0 Å². The fraction of sp³-hybridized carbons (Fsp3) is 0.263. The second-order valence-corrected chi connectivity index (χ2v) is 6.35. The van der Waals surface area contributed by atoms with Crippen LogP contribution in [0.25, 0.3) is 16.8 Å². The van der Waals surface area contributed by atoms with E-state index in [1.165, 1.54) is 19.9 Å². The van der Waals surface area contributed by atoms with Crippen molar-refractivity contribution in [1.82, 2.24) is 0 Å². The van der Waals surface area contributed by atoms with Gasteiger partial charge in [-0.15, -0.1) is 0 Å². The normalized spacial score (nSPS) is 16.6. The minimum Gasteiger partial charge on any atom is -0.419 e. The van der Waals surface area contributed by atoms with E-state index < -0.39 is 17.7 Å². The third kappa shape index (κ3) is 2.85. The number of carbonyl (C=O) groups excluding carboxylic acids is 2. The molecule has 2 aromatic rings. The van der Waals surface area contributed by atoms with E-state index in [2.05, 4.69) is 0 Å². The number of carbonyl (C=O) groups is 2. The predicted octanol–water partition coefficient (Wildman–Crippen LogP) is 3.13. The summed E-state index contributed by atoms with van der Waals surface area (Å²) >= 11 is 0. The van der Waals surface area contributed by atoms with Crippen LogP contribution in [0.4, 0.5) is 5.69 Å². The van der Waals surface area contributed by atoms with Gasteiger partial charge in [0, 0.05) is 39.0 Å². The number of esters is 2. The molecule has 1 fully saturated rings. The topological polar surface area (TPSA) is 55.8 Å². The number of benzene rings is 2. The number of nitrogens with zero attached hydrogens (tertiary/aromatic N) is 1. The van der Waals surface area contributed by atoms with Crippen LogP contribution in [0.2, 0.25) is 0 Å². The van der Waals surface area contributed by atoms with Gasteiger partial charge in [-0.05, 0) is 23.1 Å². The summed E-state index contributed by atoms with van der Waals surface area (Å²) in [6.45, 7) is 3.06. The number of hydrogen-bond donors (Lipinski definition) is 0. The van der Waals surface area contributed by atoms with Crippen LogP contribution in [-0.2, 0) is 19.1 Å². The molecule has 124 valence electrons. The fourth-order valence-electron chi connectivity index (χ4n) is 2.78. The van der Waals surface area contributed by atoms with Crippen molar-refractivity contribution in [3.63, 3.8) is 0 Å². The minimum atomic E-state index is -1.24. The van der Waals surface area contributed by atoms with Gasteiger partial charge in [-0.1, -0.05) is 30.3 Å². The second kappa shape index (κ2) is 5.67. The van der Waals surface area contributed by atoms with Gasteiger partial charge >= 0.3 is 11.9 Å². The number of cyclic esters (lactones) is 2. The molecule has 1 aliphatic heterocycles. The first kappa shape index (κ1) is 16.1. The van der Waals surface area contributed by atoms with Crippen molar-refractivity contribution in [2.45, 2.75) is 19.6 Å². The van der Waals surface area contributed by atoms with Gasteiger partial charge in [-0.25, -0.2) is 9.59 Å². The summed E-state index contributed by atoms with van der Waals surface area (Å²) in [5, 5.41) is 1.98. The van der Waals surface area contributed by atoms with Crippen LogP contribution >= 0.6 is 0 Å². The second-order valence-electron chi connectivity index (χ2n) is 6.35. The van der Waals surface area contributed by atoms with Gasteiger partial charge in [0.2, 0.25) is 0 Å². The van der Waals surface area contributed by atoms with Gasteiger partial charge in [-0.2, -0.15) is 0 Å². The van der Waals surface area contributed by atoms with E-state index in [9.17, 15) is 9.59 Å². The Morgan fingerprint density at radius 3 is 2.12 bits per heavy atom. The average Bonchev–Trinajstić information content (AvgIpc) is 2.49. The molecule has 3 rings (SSSR count). The van der Waals surface area contributed by atoms with Crippen LogP contribution in [0.5, 0.6) is 0 Å². The zero-order valence-electron chi connectivity index (χ0n) is 14.1. The maximum Gasteiger partial charge on any atom is 0.348 e. The zero-order chi connectivity index (χ0) is 17.5. The lowest BCUT2D eigenvalue weighted by molar-refractivity contribution is -0.222. The molecule has 1 saturated heterocycles. The fourth-order valence-corrected chi connectivity index (χ4v) is 2.78. The Hall–Kier alpha value is -2.82. The van der Waals surface area contributed by atoms with Gasteiger partial charge in [0.1, 0.15) is 5.57 Å². The number of rotatable bonds is 2. The number of fused-ring (bicyclic) bond motifs is 1. The first-order valence-corrected chi connectivity index (χ1v) is 7.66. The van der Waals surface area contributed by atoms with Crippen LogP contribution in [0, 0.1) is 0 Å². The monoisotopic (exact) mass is 325 g/mol. The van der Waals surface area contributed by atoms with Crippen molar-refractivity contribution in [2.24, 2.45) is 0 Å². The van der Waals surface area contributed by atoms with Crippen LogP contribution in [0.1, 0.15) is 19.4 Å². The molecule has 0 aromatic heterocycles. The Bertz CT molecular complexity index is 838. The summed E-state index contributed by atoms with van der Waals surface area (Å²) in [4.78, 5) is 26.3. The van der Waals surface area contributed by atoms with Crippen molar-refractivity contribution in [3.05, 3.63) is 47.5 Å². The standard InChI is InChI=1S/C19H19NO4/c1-19(2)23-17(21)14(18(22)24-19)11-13-9-5-7-12-8-6-10-15(16(12)13)20(3)4/h5-11H,1-4H3. The van der Waals surface area contributed by atoms with E-state index in [-0.39, 0.29) is 5.57 Å². The summed E-state index contributed by atoms with van der Waals surface area (Å²) in [6.07, 6.45) is 1.54. The Kier molecular flexibility index (Phi) is 3.79. The largest absolute Gasteiger partial charge is 0.419 e. The minimum absolute atomic E-state index is 0.101. The van der Waals surface area contributed by atoms with Crippen molar-refractivity contribution >= 4 is 34.5 Å². The molecule has 0 atom stereocenters. The molecule has 0 saturated carbocycles. The molecule has 5 heteroatoms. The first-order valence-electron chi connectivity index (χ1n) is 7.66. The van der Waals surface area contributed by atoms with Gasteiger partial charge in [0.05, 0.1) is 0 Å². The molecule has 2 aromatic carbocycles. The molecule has 1 aliphatic rings. The molecule has 0 aliphatic carbocycles. The summed E-state index contributed by atoms with van der Waals surface area (Å²) in [6, 6.07) is 11.7. The summed E-state index contributed by atoms with van der Waals surface area (Å²) in [5.41, 5.74) is 1.66. The molecule has 5 nitrogen and oxygen atoms in total. The number of ether oxygens (including phenoxy) is 2. The number of hydrogen-bond acceptors (Lipinski definition) is 5. The smallest absolute Gasteiger partial charge is 0.348 e. The Morgan fingerprint density at radius 2 is 1.54 bits per heavy atom. The van der Waals surface area contributed by atoms with E-state index in [0.717, 1.165) is 22.0 Å². The molecule has 24 heavy (non-hydrogen) atoms. The molecule has 1 heterocycles. The lowest BCUT2D eigenvalue weighted by atomic mass is 10.00. The quantitative estimate of drug-likeness (QED) is 0.482. The molecule has 0 N–H and O–H groups in total. The van der Waals surface area contributed by atoms with Crippen molar-refractivity contribution in [1.29, 1.82) is 0 Å². The van der Waals surface area contributed by atoms with Crippen LogP contribution in [0.3, 0.4) is 0 Å². The summed E-state index contributed by atoms with van der Waals surface area (Å²) < 4.78 is 10.3. The van der Waals surface area contributed by atoms with E-state index in [1.54, 1.807) is 0 Å². The van der Waals surface area contributed by atoms with Crippen molar-refractivity contribution in [3.8, 4) is 0 Å². The highest BCUT2D eigenvalue weighted by Gasteiger charge is 2.38. The Labute approximate surface area is 140 Å².